The Kier molecular flexibility index (Phi) is 7.79. The van der Waals surface area contributed by atoms with Gasteiger partial charge in [-0.2, -0.15) is 0 Å². The second-order valence-corrected chi connectivity index (χ2v) is 7.48. The fourth-order valence-electron chi connectivity index (χ4n) is 2.10. The number of phosphoric acid groups is 1. The Labute approximate surface area is 149 Å². The summed E-state index contributed by atoms with van der Waals surface area (Å²) < 4.78 is 29.0. The zero-order valence-corrected chi connectivity index (χ0v) is 15.2. The lowest BCUT2D eigenvalue weighted by Crippen LogP contribution is -2.42. The predicted octanol–water partition coefficient (Wildman–Crippen LogP) is 0.926. The van der Waals surface area contributed by atoms with Gasteiger partial charge >= 0.3 is 19.9 Å². The molecule has 0 aliphatic carbocycles. The van der Waals surface area contributed by atoms with Crippen molar-refractivity contribution in [2.45, 2.75) is 39.6 Å². The van der Waals surface area contributed by atoms with Gasteiger partial charge in [-0.05, 0) is 12.3 Å². The highest BCUT2D eigenvalue weighted by molar-refractivity contribution is 7.46. The molecule has 1 aliphatic heterocycles. The zero-order valence-electron chi connectivity index (χ0n) is 14.3. The molecule has 0 radical (unpaired) electrons. The Hall–Kier alpha value is -1.23. The van der Waals surface area contributed by atoms with Gasteiger partial charge in [-0.15, -0.1) is 0 Å². The zero-order chi connectivity index (χ0) is 19.3. The summed E-state index contributed by atoms with van der Waals surface area (Å²) in [5.41, 5.74) is -0.671. The van der Waals surface area contributed by atoms with Crippen molar-refractivity contribution in [1.29, 1.82) is 0 Å². The highest BCUT2D eigenvalue weighted by atomic mass is 31.2. The minimum Gasteiger partial charge on any atom is -0.466 e. The number of hydrogen-bond donors (Lipinski definition) is 3. The summed E-state index contributed by atoms with van der Waals surface area (Å²) in [6.07, 6.45) is -2.46. The summed E-state index contributed by atoms with van der Waals surface area (Å²) in [7, 11) is -4.77. The smallest absolute Gasteiger partial charge is 0.466 e. The third-order valence-corrected chi connectivity index (χ3v) is 3.61. The highest BCUT2D eigenvalue weighted by Crippen LogP contribution is 2.35. The minimum atomic E-state index is -4.77. The van der Waals surface area contributed by atoms with Crippen LogP contribution in [0.25, 0.3) is 0 Å². The fourth-order valence-corrected chi connectivity index (χ4v) is 2.29. The van der Waals surface area contributed by atoms with E-state index >= 15 is 0 Å². The number of hydrogen-bond acceptors (Lipinski definition) is 8. The van der Waals surface area contributed by atoms with Gasteiger partial charge in [0.25, 0.3) is 0 Å². The van der Waals surface area contributed by atoms with Gasteiger partial charge < -0.3 is 34.0 Å². The molecule has 0 aromatic rings. The van der Waals surface area contributed by atoms with E-state index in [0.717, 1.165) is 0 Å². The van der Waals surface area contributed by atoms with Crippen LogP contribution in [0.3, 0.4) is 0 Å². The normalized spacial score (nSPS) is 20.1. The van der Waals surface area contributed by atoms with E-state index in [1.54, 1.807) is 20.8 Å². The van der Waals surface area contributed by atoms with Crippen LogP contribution in [0.1, 0.15) is 31.5 Å². The Morgan fingerprint density at radius 3 is 2.40 bits per heavy atom. The third kappa shape index (κ3) is 9.15. The van der Waals surface area contributed by atoms with Crippen molar-refractivity contribution in [3.63, 3.8) is 0 Å². The number of carbonyl (C=O) groups is 2. The quantitative estimate of drug-likeness (QED) is 0.212. The summed E-state index contributed by atoms with van der Waals surface area (Å²) >= 11 is 0. The van der Waals surface area contributed by atoms with Crippen molar-refractivity contribution in [3.05, 3.63) is 0 Å². The number of amides is 1. The molecule has 1 saturated heterocycles. The molecule has 1 heterocycles. The summed E-state index contributed by atoms with van der Waals surface area (Å²) in [5.74, 6) is -0.423. The number of aliphatic hydroxyl groups is 1. The van der Waals surface area contributed by atoms with Crippen LogP contribution in [0, 0.1) is 5.41 Å². The summed E-state index contributed by atoms with van der Waals surface area (Å²) in [6, 6.07) is 0. The first-order valence-electron chi connectivity index (χ1n) is 7.54. The fraction of sp³-hybridized carbons (Fsp3) is 0.846. The topological polar surface area (TPSA) is 155 Å². The van der Waals surface area contributed by atoms with Crippen LogP contribution in [0.5, 0.6) is 0 Å². The van der Waals surface area contributed by atoms with E-state index < -0.39 is 44.5 Å². The molecule has 0 saturated carbocycles. The molecule has 1 aliphatic rings. The molecule has 0 aromatic heterocycles. The van der Waals surface area contributed by atoms with Crippen LogP contribution in [-0.4, -0.2) is 70.7 Å². The molecule has 11 nitrogen and oxygen atoms in total. The molecule has 1 rings (SSSR count). The van der Waals surface area contributed by atoms with Gasteiger partial charge in [-0.1, -0.05) is 13.8 Å². The average Bonchev–Trinajstić information content (AvgIpc) is 3.11. The molecule has 25 heavy (non-hydrogen) atoms. The van der Waals surface area contributed by atoms with Gasteiger partial charge in [0.2, 0.25) is 6.79 Å². The van der Waals surface area contributed by atoms with Crippen LogP contribution in [0.2, 0.25) is 0 Å². The first kappa shape index (κ1) is 21.8. The maximum Gasteiger partial charge on any atom is 0.472 e. The molecular weight excluding hydrogens is 361 g/mol. The largest absolute Gasteiger partial charge is 0.472 e. The van der Waals surface area contributed by atoms with E-state index in [2.05, 4.69) is 9.26 Å². The number of epoxide rings is 1. The van der Waals surface area contributed by atoms with Gasteiger partial charge in [0.15, 0.2) is 6.29 Å². The van der Waals surface area contributed by atoms with Gasteiger partial charge in [0, 0.05) is 10.8 Å². The van der Waals surface area contributed by atoms with Gasteiger partial charge in [0.1, 0.15) is 6.10 Å². The molecule has 1 amide bonds. The van der Waals surface area contributed by atoms with E-state index in [4.69, 9.17) is 19.3 Å². The number of nitrogens with zero attached hydrogens (tertiary/aromatic N) is 1. The molecule has 0 aromatic carbocycles. The van der Waals surface area contributed by atoms with E-state index in [0.29, 0.717) is 0 Å². The molecule has 0 spiro atoms. The van der Waals surface area contributed by atoms with Crippen LogP contribution < -0.4 is 0 Å². The highest BCUT2D eigenvalue weighted by Gasteiger charge is 2.41. The summed E-state index contributed by atoms with van der Waals surface area (Å²) in [4.78, 5) is 42.1. The van der Waals surface area contributed by atoms with Crippen molar-refractivity contribution in [2.75, 3.05) is 26.5 Å². The molecule has 2 unspecified atom stereocenters. The number of ether oxygens (including phenoxy) is 3. The Morgan fingerprint density at radius 2 is 1.92 bits per heavy atom. The number of rotatable bonds is 10. The maximum absolute atomic E-state index is 12.1. The van der Waals surface area contributed by atoms with Crippen molar-refractivity contribution in [2.24, 2.45) is 5.41 Å². The van der Waals surface area contributed by atoms with Crippen LogP contribution in [0.15, 0.2) is 0 Å². The van der Waals surface area contributed by atoms with E-state index in [9.17, 15) is 19.3 Å². The Morgan fingerprint density at radius 1 is 1.32 bits per heavy atom. The molecule has 0 bridgehead atoms. The molecule has 152 valence electrons. The van der Waals surface area contributed by atoms with E-state index in [-0.39, 0.29) is 30.4 Å². The van der Waals surface area contributed by atoms with Gasteiger partial charge in [-0.3, -0.25) is 4.79 Å². The molecular formula is C13H30NO10P. The molecule has 1 fully saturated rings. The second kappa shape index (κ2) is 8.93. The lowest BCUT2D eigenvalue weighted by Gasteiger charge is -2.31. The maximum atomic E-state index is 12.1. The first-order valence-corrected chi connectivity index (χ1v) is 9.07. The van der Waals surface area contributed by atoms with Crippen molar-refractivity contribution in [3.8, 4) is 0 Å². The SMILES string of the molecule is CCOC(=O)CC(C)(C)CN(CC1OC1O)C(=O)OCOP(=O)(O)O.[HH].[HH].[HH]. The summed E-state index contributed by atoms with van der Waals surface area (Å²) in [6.45, 7) is 4.51. The van der Waals surface area contributed by atoms with Crippen LogP contribution in [0.4, 0.5) is 4.79 Å². The Balaban J connectivity index is -0.00000208. The molecule has 12 heteroatoms. The van der Waals surface area contributed by atoms with Crippen LogP contribution in [-0.2, 0) is 28.1 Å². The average molecular weight is 391 g/mol. The number of aliphatic hydroxyl groups excluding tert-OH is 1. The van der Waals surface area contributed by atoms with Gasteiger partial charge in [0.05, 0.1) is 19.6 Å². The van der Waals surface area contributed by atoms with Gasteiger partial charge in [-0.25, -0.2) is 13.9 Å². The lowest BCUT2D eigenvalue weighted by atomic mass is 9.88. The second-order valence-electron chi connectivity index (χ2n) is 6.24. The van der Waals surface area contributed by atoms with Crippen molar-refractivity contribution in [1.82, 2.24) is 4.90 Å². The summed E-state index contributed by atoms with van der Waals surface area (Å²) in [5, 5.41) is 9.25. The lowest BCUT2D eigenvalue weighted by molar-refractivity contribution is -0.145. The minimum absolute atomic E-state index is 0. The molecule has 2 atom stereocenters. The van der Waals surface area contributed by atoms with Crippen LogP contribution >= 0.6 is 7.82 Å². The van der Waals surface area contributed by atoms with E-state index in [1.807, 2.05) is 0 Å². The third-order valence-electron chi connectivity index (χ3n) is 3.16. The molecule has 3 N–H and O–H groups in total. The number of esters is 1. The standard InChI is InChI=1S/C13H24NO10P.3H2/c1-4-21-10(15)5-13(2,3)7-14(6-9-11(16)24-9)12(17)22-8-23-25(18,19)20;;;/h9,11,16H,4-8H2,1-3H3,(H2,18,19,20);3*1H. The van der Waals surface area contributed by atoms with Crippen molar-refractivity contribution < 1.29 is 52.1 Å². The first-order chi connectivity index (χ1) is 11.4. The Bertz CT molecular complexity index is 533. The van der Waals surface area contributed by atoms with E-state index in [1.165, 1.54) is 4.90 Å². The van der Waals surface area contributed by atoms with Crippen molar-refractivity contribution >= 4 is 19.9 Å². The number of phosphoric ester groups is 1. The number of carbonyl (C=O) groups excluding carboxylic acids is 2. The monoisotopic (exact) mass is 391 g/mol. The predicted molar refractivity (Wildman–Crippen MR) is 88.3 cm³/mol.